The summed E-state index contributed by atoms with van der Waals surface area (Å²) in [4.78, 5) is 0. The number of benzene rings is 2. The Bertz CT molecular complexity index is 606. The van der Waals surface area contributed by atoms with E-state index in [0.29, 0.717) is 6.42 Å². The van der Waals surface area contributed by atoms with Gasteiger partial charge in [-0.05, 0) is 44.0 Å². The molecule has 0 aliphatic heterocycles. The first-order valence-corrected chi connectivity index (χ1v) is 7.30. The van der Waals surface area contributed by atoms with Crippen molar-refractivity contribution in [3.8, 4) is 11.8 Å². The molecule has 0 aliphatic carbocycles. The topological polar surface area (TPSA) is 33.0 Å². The van der Waals surface area contributed by atoms with Crippen LogP contribution < -0.4 is 4.74 Å². The lowest BCUT2D eigenvalue weighted by atomic mass is 9.88. The maximum absolute atomic E-state index is 9.11. The number of ether oxygens (including phenoxy) is 1. The third-order valence-corrected chi connectivity index (χ3v) is 3.43. The molecule has 0 fully saturated rings. The molecule has 108 valence electrons. The zero-order chi connectivity index (χ0) is 15.2. The molecule has 2 rings (SSSR count). The van der Waals surface area contributed by atoms with Crippen LogP contribution in [0.15, 0.2) is 48.5 Å². The largest absolute Gasteiger partial charge is 0.491 e. The molecule has 1 atom stereocenters. The van der Waals surface area contributed by atoms with Crippen molar-refractivity contribution in [3.05, 3.63) is 65.2 Å². The summed E-state index contributed by atoms with van der Waals surface area (Å²) in [6, 6.07) is 18.8. The van der Waals surface area contributed by atoms with E-state index in [0.717, 1.165) is 11.3 Å². The van der Waals surface area contributed by atoms with E-state index in [1.807, 2.05) is 26.0 Å². The summed E-state index contributed by atoms with van der Waals surface area (Å²) >= 11 is 0. The highest BCUT2D eigenvalue weighted by molar-refractivity contribution is 5.37. The van der Waals surface area contributed by atoms with Crippen LogP contribution in [0.3, 0.4) is 0 Å². The maximum Gasteiger partial charge on any atom is 0.119 e. The van der Waals surface area contributed by atoms with Crippen molar-refractivity contribution >= 4 is 0 Å². The lowest BCUT2D eigenvalue weighted by molar-refractivity contribution is 0.242. The summed E-state index contributed by atoms with van der Waals surface area (Å²) in [6.45, 7) is 6.10. The van der Waals surface area contributed by atoms with E-state index < -0.39 is 0 Å². The van der Waals surface area contributed by atoms with E-state index >= 15 is 0 Å². The molecule has 0 amide bonds. The summed E-state index contributed by atoms with van der Waals surface area (Å²) in [7, 11) is 0. The van der Waals surface area contributed by atoms with Gasteiger partial charge in [0.15, 0.2) is 0 Å². The Hall–Kier alpha value is -2.27. The molecule has 0 saturated heterocycles. The summed E-state index contributed by atoms with van der Waals surface area (Å²) in [6.07, 6.45) is 0.649. The van der Waals surface area contributed by atoms with E-state index in [4.69, 9.17) is 10.00 Å². The van der Waals surface area contributed by atoms with Crippen molar-refractivity contribution < 1.29 is 4.74 Å². The Morgan fingerprint density at radius 3 is 1.95 bits per heavy atom. The fourth-order valence-corrected chi connectivity index (χ4v) is 2.37. The molecule has 2 aromatic carbocycles. The molecular weight excluding hydrogens is 258 g/mol. The highest BCUT2D eigenvalue weighted by atomic mass is 16.5. The molecule has 0 radical (unpaired) electrons. The van der Waals surface area contributed by atoms with E-state index in [-0.39, 0.29) is 12.0 Å². The third kappa shape index (κ3) is 4.10. The molecule has 2 aromatic rings. The number of nitriles is 1. The summed E-state index contributed by atoms with van der Waals surface area (Å²) < 4.78 is 5.67. The van der Waals surface area contributed by atoms with Gasteiger partial charge in [0.05, 0.1) is 12.2 Å². The van der Waals surface area contributed by atoms with Crippen LogP contribution in [0.25, 0.3) is 0 Å². The summed E-state index contributed by atoms with van der Waals surface area (Å²) in [5.41, 5.74) is 3.56. The van der Waals surface area contributed by atoms with Crippen molar-refractivity contribution in [3.63, 3.8) is 0 Å². The molecule has 0 saturated carbocycles. The van der Waals surface area contributed by atoms with Crippen molar-refractivity contribution in [1.82, 2.24) is 0 Å². The molecule has 2 nitrogen and oxygen atoms in total. The quantitative estimate of drug-likeness (QED) is 0.785. The van der Waals surface area contributed by atoms with Crippen LogP contribution in [0.4, 0.5) is 0 Å². The van der Waals surface area contributed by atoms with Crippen LogP contribution >= 0.6 is 0 Å². The van der Waals surface area contributed by atoms with Gasteiger partial charge in [-0.2, -0.15) is 5.26 Å². The van der Waals surface area contributed by atoms with Crippen molar-refractivity contribution in [2.24, 2.45) is 0 Å². The molecule has 2 heteroatoms. The number of nitrogens with zero attached hydrogens (tertiary/aromatic N) is 1. The molecule has 0 spiro atoms. The van der Waals surface area contributed by atoms with Gasteiger partial charge in [0.25, 0.3) is 0 Å². The zero-order valence-electron chi connectivity index (χ0n) is 12.8. The van der Waals surface area contributed by atoms with E-state index in [9.17, 15) is 0 Å². The molecule has 0 heterocycles. The number of aryl methyl sites for hydroxylation is 1. The lowest BCUT2D eigenvalue weighted by Gasteiger charge is -2.16. The smallest absolute Gasteiger partial charge is 0.119 e. The summed E-state index contributed by atoms with van der Waals surface area (Å²) in [5, 5.41) is 9.11. The SMILES string of the molecule is Cc1ccc([C@@H](CC#N)c2ccc(OC(C)C)cc2)cc1. The van der Waals surface area contributed by atoms with Crippen LogP contribution in [-0.4, -0.2) is 6.10 Å². The van der Waals surface area contributed by atoms with Gasteiger partial charge in [0.2, 0.25) is 0 Å². The van der Waals surface area contributed by atoms with Gasteiger partial charge in [-0.3, -0.25) is 0 Å². The first-order chi connectivity index (χ1) is 10.1. The van der Waals surface area contributed by atoms with Crippen LogP contribution in [0.2, 0.25) is 0 Å². The van der Waals surface area contributed by atoms with Crippen LogP contribution in [-0.2, 0) is 0 Å². The van der Waals surface area contributed by atoms with Gasteiger partial charge in [0, 0.05) is 12.3 Å². The van der Waals surface area contributed by atoms with Gasteiger partial charge < -0.3 is 4.74 Å². The lowest BCUT2D eigenvalue weighted by Crippen LogP contribution is -2.06. The second-order valence-electron chi connectivity index (χ2n) is 5.56. The average molecular weight is 279 g/mol. The Labute approximate surface area is 127 Å². The van der Waals surface area contributed by atoms with Gasteiger partial charge >= 0.3 is 0 Å². The fourth-order valence-electron chi connectivity index (χ4n) is 2.37. The molecule has 0 unspecified atom stereocenters. The minimum atomic E-state index is 0.115. The number of hydrogen-bond acceptors (Lipinski definition) is 2. The van der Waals surface area contributed by atoms with Crippen molar-refractivity contribution in [1.29, 1.82) is 5.26 Å². The van der Waals surface area contributed by atoms with Crippen LogP contribution in [0, 0.1) is 18.3 Å². The molecule has 0 aromatic heterocycles. The fraction of sp³-hybridized carbons (Fsp3) is 0.316. The normalized spacial score (nSPS) is 12.0. The summed E-state index contributed by atoms with van der Waals surface area (Å²) in [5.74, 6) is 0.983. The highest BCUT2D eigenvalue weighted by Crippen LogP contribution is 2.29. The van der Waals surface area contributed by atoms with Crippen molar-refractivity contribution in [2.75, 3.05) is 0 Å². The second kappa shape index (κ2) is 6.95. The minimum Gasteiger partial charge on any atom is -0.491 e. The average Bonchev–Trinajstić information content (AvgIpc) is 2.46. The van der Waals surface area contributed by atoms with Crippen molar-refractivity contribution in [2.45, 2.75) is 39.2 Å². The first kappa shape index (κ1) is 15.1. The zero-order valence-corrected chi connectivity index (χ0v) is 12.8. The highest BCUT2D eigenvalue weighted by Gasteiger charge is 2.14. The molecule has 0 aliphatic rings. The van der Waals surface area contributed by atoms with Gasteiger partial charge in [-0.15, -0.1) is 0 Å². The molecule has 21 heavy (non-hydrogen) atoms. The van der Waals surface area contributed by atoms with Gasteiger partial charge in [-0.1, -0.05) is 42.0 Å². The Morgan fingerprint density at radius 2 is 1.48 bits per heavy atom. The Kier molecular flexibility index (Phi) is 5.00. The van der Waals surface area contributed by atoms with E-state index in [2.05, 4.69) is 49.4 Å². The number of rotatable bonds is 5. The maximum atomic E-state index is 9.11. The minimum absolute atomic E-state index is 0.115. The molecule has 0 N–H and O–H groups in total. The molecular formula is C19H21NO. The predicted octanol–water partition coefficient (Wildman–Crippen LogP) is 4.83. The van der Waals surface area contributed by atoms with E-state index in [1.54, 1.807) is 0 Å². The molecule has 0 bridgehead atoms. The van der Waals surface area contributed by atoms with Gasteiger partial charge in [-0.25, -0.2) is 0 Å². The monoisotopic (exact) mass is 279 g/mol. The third-order valence-electron chi connectivity index (χ3n) is 3.43. The predicted molar refractivity (Wildman–Crippen MR) is 85.5 cm³/mol. The van der Waals surface area contributed by atoms with Crippen LogP contribution in [0.5, 0.6) is 5.75 Å². The van der Waals surface area contributed by atoms with Gasteiger partial charge in [0.1, 0.15) is 5.75 Å². The van der Waals surface area contributed by atoms with Crippen LogP contribution in [0.1, 0.15) is 42.9 Å². The first-order valence-electron chi connectivity index (χ1n) is 7.30. The standard InChI is InChI=1S/C19H21NO/c1-14(2)21-18-10-8-17(9-11-18)19(12-13-20)16-6-4-15(3)5-7-16/h4-11,14,19H,12H2,1-3H3/t19-/m1/s1. The second-order valence-corrected chi connectivity index (χ2v) is 5.56. The van der Waals surface area contributed by atoms with E-state index in [1.165, 1.54) is 11.1 Å². The Balaban J connectivity index is 2.26. The Morgan fingerprint density at radius 1 is 0.952 bits per heavy atom. The number of hydrogen-bond donors (Lipinski definition) is 0.